The van der Waals surface area contributed by atoms with Crippen LogP contribution in [0.4, 0.5) is 14.9 Å². The Hall–Kier alpha value is -1.82. The Morgan fingerprint density at radius 1 is 1.45 bits per heavy atom. The van der Waals surface area contributed by atoms with E-state index in [-0.39, 0.29) is 18.3 Å². The second-order valence-electron chi connectivity index (χ2n) is 6.06. The predicted molar refractivity (Wildman–Crippen MR) is 84.7 cm³/mol. The van der Waals surface area contributed by atoms with Gasteiger partial charge in [-0.15, -0.1) is 0 Å². The molecule has 6 heteroatoms. The first-order chi connectivity index (χ1) is 10.1. The van der Waals surface area contributed by atoms with Crippen LogP contribution in [0.2, 0.25) is 0 Å². The van der Waals surface area contributed by atoms with Crippen LogP contribution in [0.25, 0.3) is 0 Å². The van der Waals surface area contributed by atoms with Crippen molar-refractivity contribution in [2.24, 2.45) is 0 Å². The number of urea groups is 1. The van der Waals surface area contributed by atoms with Gasteiger partial charge >= 0.3 is 6.03 Å². The number of benzene rings is 1. The maximum atomic E-state index is 13.4. The lowest BCUT2D eigenvalue weighted by molar-refractivity contribution is 0.0501. The second kappa shape index (κ2) is 7.45. The number of hydrogen-bond acceptors (Lipinski definition) is 3. The SMILES string of the molecule is CCN(CC(C)(C)O)C(=O)Nc1cc(F)ccc1OC(C)C. The summed E-state index contributed by atoms with van der Waals surface area (Å²) in [5, 5.41) is 12.5. The van der Waals surface area contributed by atoms with Crippen molar-refractivity contribution in [1.29, 1.82) is 0 Å². The van der Waals surface area contributed by atoms with E-state index in [1.54, 1.807) is 13.8 Å². The zero-order valence-corrected chi connectivity index (χ0v) is 13.8. The number of hydrogen-bond donors (Lipinski definition) is 2. The van der Waals surface area contributed by atoms with E-state index in [2.05, 4.69) is 5.32 Å². The van der Waals surface area contributed by atoms with Gasteiger partial charge in [0.1, 0.15) is 11.6 Å². The first-order valence-electron chi connectivity index (χ1n) is 7.37. The number of rotatable bonds is 6. The van der Waals surface area contributed by atoms with Crippen LogP contribution in [0.1, 0.15) is 34.6 Å². The van der Waals surface area contributed by atoms with Crippen LogP contribution >= 0.6 is 0 Å². The zero-order chi connectivity index (χ0) is 16.9. The number of likely N-dealkylation sites (N-methyl/N-ethyl adjacent to an activating group) is 1. The first kappa shape index (κ1) is 18.2. The maximum absolute atomic E-state index is 13.4. The van der Waals surface area contributed by atoms with E-state index in [0.29, 0.717) is 12.3 Å². The van der Waals surface area contributed by atoms with E-state index in [0.717, 1.165) is 0 Å². The monoisotopic (exact) mass is 312 g/mol. The summed E-state index contributed by atoms with van der Waals surface area (Å²) in [6.07, 6.45) is -0.0974. The van der Waals surface area contributed by atoms with Gasteiger partial charge in [0, 0.05) is 12.6 Å². The third kappa shape index (κ3) is 5.89. The topological polar surface area (TPSA) is 61.8 Å². The molecule has 1 aromatic carbocycles. The standard InChI is InChI=1S/C16H25FN2O3/c1-6-19(10-16(4,5)21)15(20)18-13-9-12(17)7-8-14(13)22-11(2)3/h7-9,11,21H,6,10H2,1-5H3,(H,18,20). The summed E-state index contributed by atoms with van der Waals surface area (Å²) >= 11 is 0. The molecule has 2 N–H and O–H groups in total. The van der Waals surface area contributed by atoms with Crippen LogP contribution < -0.4 is 10.1 Å². The normalized spacial score (nSPS) is 11.5. The summed E-state index contributed by atoms with van der Waals surface area (Å²) in [6, 6.07) is 3.57. The number of aliphatic hydroxyl groups is 1. The molecule has 2 amide bonds. The van der Waals surface area contributed by atoms with E-state index < -0.39 is 17.4 Å². The molecular weight excluding hydrogens is 287 g/mol. The van der Waals surface area contributed by atoms with E-state index in [1.807, 2.05) is 20.8 Å². The van der Waals surface area contributed by atoms with Crippen molar-refractivity contribution in [2.75, 3.05) is 18.4 Å². The number of carbonyl (C=O) groups is 1. The quantitative estimate of drug-likeness (QED) is 0.847. The van der Waals surface area contributed by atoms with Crippen molar-refractivity contribution in [3.8, 4) is 5.75 Å². The second-order valence-corrected chi connectivity index (χ2v) is 6.06. The molecule has 0 atom stereocenters. The molecule has 0 aromatic heterocycles. The average molecular weight is 312 g/mol. The molecule has 22 heavy (non-hydrogen) atoms. The van der Waals surface area contributed by atoms with E-state index in [9.17, 15) is 14.3 Å². The minimum absolute atomic E-state index is 0.0974. The Kier molecular flexibility index (Phi) is 6.17. The molecular formula is C16H25FN2O3. The number of nitrogens with zero attached hydrogens (tertiary/aromatic N) is 1. The highest BCUT2D eigenvalue weighted by atomic mass is 19.1. The van der Waals surface area contributed by atoms with Gasteiger partial charge in [0.05, 0.1) is 23.9 Å². The van der Waals surface area contributed by atoms with Crippen LogP contribution in [-0.4, -0.2) is 40.8 Å². The molecule has 0 saturated carbocycles. The highest BCUT2D eigenvalue weighted by Gasteiger charge is 2.22. The number of nitrogens with one attached hydrogen (secondary N) is 1. The summed E-state index contributed by atoms with van der Waals surface area (Å²) in [4.78, 5) is 13.7. The lowest BCUT2D eigenvalue weighted by Gasteiger charge is -2.28. The van der Waals surface area contributed by atoms with Gasteiger partial charge in [0.25, 0.3) is 0 Å². The molecule has 0 unspecified atom stereocenters. The molecule has 124 valence electrons. The Labute approximate surface area is 131 Å². The van der Waals surface area contributed by atoms with Gasteiger partial charge in [-0.1, -0.05) is 0 Å². The molecule has 0 aliphatic rings. The predicted octanol–water partition coefficient (Wildman–Crippen LogP) is 3.24. The van der Waals surface area contributed by atoms with Gasteiger partial charge in [-0.25, -0.2) is 9.18 Å². The molecule has 0 fully saturated rings. The fourth-order valence-corrected chi connectivity index (χ4v) is 1.95. The number of anilines is 1. The minimum atomic E-state index is -1.01. The lowest BCUT2D eigenvalue weighted by Crippen LogP contribution is -2.44. The van der Waals surface area contributed by atoms with Crippen molar-refractivity contribution in [1.82, 2.24) is 4.90 Å². The van der Waals surface area contributed by atoms with Crippen LogP contribution in [0.3, 0.4) is 0 Å². The van der Waals surface area contributed by atoms with Crippen LogP contribution in [-0.2, 0) is 0 Å². The highest BCUT2D eigenvalue weighted by Crippen LogP contribution is 2.27. The Balaban J connectivity index is 2.92. The summed E-state index contributed by atoms with van der Waals surface area (Å²) in [6.45, 7) is 9.35. The average Bonchev–Trinajstić information content (AvgIpc) is 2.37. The number of halogens is 1. The molecule has 0 heterocycles. The highest BCUT2D eigenvalue weighted by molar-refractivity contribution is 5.91. The molecule has 0 saturated heterocycles. The fourth-order valence-electron chi connectivity index (χ4n) is 1.95. The first-order valence-corrected chi connectivity index (χ1v) is 7.37. The summed E-state index contributed by atoms with van der Waals surface area (Å²) in [5.74, 6) is -0.0546. The van der Waals surface area contributed by atoms with Gasteiger partial charge < -0.3 is 20.1 Å². The van der Waals surface area contributed by atoms with Crippen LogP contribution in [0, 0.1) is 5.82 Å². The Morgan fingerprint density at radius 3 is 2.59 bits per heavy atom. The van der Waals surface area contributed by atoms with Crippen molar-refractivity contribution >= 4 is 11.7 Å². The van der Waals surface area contributed by atoms with Gasteiger partial charge in [0.15, 0.2) is 0 Å². The molecule has 0 aliphatic heterocycles. The fraction of sp³-hybridized carbons (Fsp3) is 0.562. The largest absolute Gasteiger partial charge is 0.489 e. The molecule has 0 spiro atoms. The Morgan fingerprint density at radius 2 is 2.09 bits per heavy atom. The van der Waals surface area contributed by atoms with E-state index in [4.69, 9.17) is 4.74 Å². The minimum Gasteiger partial charge on any atom is -0.489 e. The molecule has 1 rings (SSSR count). The van der Waals surface area contributed by atoms with E-state index >= 15 is 0 Å². The molecule has 0 radical (unpaired) electrons. The van der Waals surface area contributed by atoms with Crippen LogP contribution in [0.15, 0.2) is 18.2 Å². The summed E-state index contributed by atoms with van der Waals surface area (Å²) in [7, 11) is 0. The number of ether oxygens (including phenoxy) is 1. The van der Waals surface area contributed by atoms with Gasteiger partial charge in [-0.2, -0.15) is 0 Å². The van der Waals surface area contributed by atoms with Gasteiger partial charge in [0.2, 0.25) is 0 Å². The van der Waals surface area contributed by atoms with Crippen molar-refractivity contribution in [2.45, 2.75) is 46.3 Å². The van der Waals surface area contributed by atoms with E-state index in [1.165, 1.54) is 23.1 Å². The van der Waals surface area contributed by atoms with Crippen molar-refractivity contribution < 1.29 is 19.0 Å². The summed E-state index contributed by atoms with van der Waals surface area (Å²) in [5.41, 5.74) is -0.736. The molecule has 1 aromatic rings. The van der Waals surface area contributed by atoms with Crippen molar-refractivity contribution in [3.05, 3.63) is 24.0 Å². The smallest absolute Gasteiger partial charge is 0.322 e. The lowest BCUT2D eigenvalue weighted by atomic mass is 10.1. The van der Waals surface area contributed by atoms with Crippen molar-refractivity contribution in [3.63, 3.8) is 0 Å². The van der Waals surface area contributed by atoms with Gasteiger partial charge in [-0.3, -0.25) is 0 Å². The number of amides is 2. The van der Waals surface area contributed by atoms with Crippen LogP contribution in [0.5, 0.6) is 5.75 Å². The third-order valence-electron chi connectivity index (χ3n) is 2.79. The molecule has 0 bridgehead atoms. The summed E-state index contributed by atoms with van der Waals surface area (Å²) < 4.78 is 19.0. The third-order valence-corrected chi connectivity index (χ3v) is 2.79. The zero-order valence-electron chi connectivity index (χ0n) is 13.8. The molecule has 5 nitrogen and oxygen atoms in total. The number of carbonyl (C=O) groups excluding carboxylic acids is 1. The maximum Gasteiger partial charge on any atom is 0.322 e. The molecule has 0 aliphatic carbocycles. The van der Waals surface area contributed by atoms with Gasteiger partial charge in [-0.05, 0) is 46.8 Å². The Bertz CT molecular complexity index is 513.